The Kier molecular flexibility index (Phi) is 6.34. The summed E-state index contributed by atoms with van der Waals surface area (Å²) in [6, 6.07) is 19.4. The number of carbonyl (C=O) groups is 1. The molecule has 8 heteroatoms. The third-order valence-corrected chi connectivity index (χ3v) is 7.11. The van der Waals surface area contributed by atoms with E-state index in [0.717, 1.165) is 22.2 Å². The van der Waals surface area contributed by atoms with E-state index in [4.69, 9.17) is 0 Å². The van der Waals surface area contributed by atoms with E-state index in [0.29, 0.717) is 22.6 Å². The number of aryl methyl sites for hydroxylation is 3. The maximum absolute atomic E-state index is 12.9. The standard InChI is InChI=1S/C26H26N4O3S/c1-17-9-10-18(2)24(15-17)34(32,33)29-21-13-11-20(12-14-21)26(31)30(4)16-25-27-19(3)22-7-5-6-8-23(22)28-25/h5-15,29H,16H2,1-4H3. The molecule has 174 valence electrons. The van der Waals surface area contributed by atoms with Crippen LogP contribution in [-0.2, 0) is 16.6 Å². The number of nitrogens with zero attached hydrogens (tertiary/aromatic N) is 3. The van der Waals surface area contributed by atoms with Crippen molar-refractivity contribution in [2.24, 2.45) is 0 Å². The molecule has 1 heterocycles. The fourth-order valence-corrected chi connectivity index (χ4v) is 5.15. The topological polar surface area (TPSA) is 92.3 Å². The Balaban J connectivity index is 1.48. The van der Waals surface area contributed by atoms with Crippen molar-refractivity contribution in [3.63, 3.8) is 0 Å². The Morgan fingerprint density at radius 2 is 1.65 bits per heavy atom. The van der Waals surface area contributed by atoms with Crippen molar-refractivity contribution in [3.8, 4) is 0 Å². The van der Waals surface area contributed by atoms with Crippen LogP contribution in [0.4, 0.5) is 5.69 Å². The van der Waals surface area contributed by atoms with Gasteiger partial charge in [-0.15, -0.1) is 0 Å². The molecule has 34 heavy (non-hydrogen) atoms. The Labute approximate surface area is 199 Å². The largest absolute Gasteiger partial charge is 0.334 e. The van der Waals surface area contributed by atoms with Gasteiger partial charge in [-0.05, 0) is 68.3 Å². The summed E-state index contributed by atoms with van der Waals surface area (Å²) in [5.74, 6) is 0.350. The van der Waals surface area contributed by atoms with E-state index in [1.807, 2.05) is 44.2 Å². The smallest absolute Gasteiger partial charge is 0.262 e. The lowest BCUT2D eigenvalue weighted by Gasteiger charge is -2.17. The van der Waals surface area contributed by atoms with Gasteiger partial charge in [0.15, 0.2) is 0 Å². The lowest BCUT2D eigenvalue weighted by Crippen LogP contribution is -2.27. The molecular weight excluding hydrogens is 448 g/mol. The van der Waals surface area contributed by atoms with Crippen LogP contribution in [0.1, 0.15) is 33.0 Å². The van der Waals surface area contributed by atoms with Gasteiger partial charge in [0.05, 0.1) is 17.0 Å². The molecular formula is C26H26N4O3S. The van der Waals surface area contributed by atoms with E-state index >= 15 is 0 Å². The van der Waals surface area contributed by atoms with Gasteiger partial charge in [-0.3, -0.25) is 9.52 Å². The Morgan fingerprint density at radius 3 is 2.38 bits per heavy atom. The number of amides is 1. The number of carbonyl (C=O) groups excluding carboxylic acids is 1. The maximum atomic E-state index is 12.9. The minimum absolute atomic E-state index is 0.210. The van der Waals surface area contributed by atoms with Crippen molar-refractivity contribution in [2.45, 2.75) is 32.2 Å². The number of benzene rings is 3. The summed E-state index contributed by atoms with van der Waals surface area (Å²) in [7, 11) is -2.05. The van der Waals surface area contributed by atoms with Crippen LogP contribution in [-0.4, -0.2) is 36.2 Å². The van der Waals surface area contributed by atoms with E-state index in [-0.39, 0.29) is 17.3 Å². The minimum Gasteiger partial charge on any atom is -0.334 e. The zero-order valence-electron chi connectivity index (χ0n) is 19.5. The molecule has 0 atom stereocenters. The second-order valence-corrected chi connectivity index (χ2v) is 10.0. The van der Waals surface area contributed by atoms with E-state index in [1.54, 1.807) is 55.3 Å². The lowest BCUT2D eigenvalue weighted by atomic mass is 10.2. The number of rotatable bonds is 6. The highest BCUT2D eigenvalue weighted by molar-refractivity contribution is 7.92. The van der Waals surface area contributed by atoms with Gasteiger partial charge < -0.3 is 4.90 Å². The molecule has 3 aromatic carbocycles. The first-order valence-corrected chi connectivity index (χ1v) is 12.3. The van der Waals surface area contributed by atoms with Crippen molar-refractivity contribution in [2.75, 3.05) is 11.8 Å². The van der Waals surface area contributed by atoms with Crippen molar-refractivity contribution in [1.82, 2.24) is 14.9 Å². The fraction of sp³-hybridized carbons (Fsp3) is 0.192. The Hall–Kier alpha value is -3.78. The summed E-state index contributed by atoms with van der Waals surface area (Å²) in [6.45, 7) is 5.78. The van der Waals surface area contributed by atoms with Crippen LogP contribution >= 0.6 is 0 Å². The molecule has 0 aliphatic heterocycles. The number of hydrogen-bond donors (Lipinski definition) is 1. The van der Waals surface area contributed by atoms with Crippen LogP contribution in [0.15, 0.2) is 71.6 Å². The molecule has 4 rings (SSSR count). The molecule has 0 aliphatic rings. The molecule has 0 saturated heterocycles. The van der Waals surface area contributed by atoms with Crippen molar-refractivity contribution in [3.05, 3.63) is 94.9 Å². The SMILES string of the molecule is Cc1ccc(C)c(S(=O)(=O)Nc2ccc(C(=O)N(C)Cc3nc(C)c4ccccc4n3)cc2)c1. The van der Waals surface area contributed by atoms with Gasteiger partial charge in [0, 0.05) is 29.4 Å². The average Bonchev–Trinajstić information content (AvgIpc) is 2.80. The third kappa shape index (κ3) is 4.92. The highest BCUT2D eigenvalue weighted by Crippen LogP contribution is 2.21. The highest BCUT2D eigenvalue weighted by Gasteiger charge is 2.18. The molecule has 4 aromatic rings. The molecule has 7 nitrogen and oxygen atoms in total. The van der Waals surface area contributed by atoms with Gasteiger partial charge in [-0.2, -0.15) is 0 Å². The Morgan fingerprint density at radius 1 is 0.941 bits per heavy atom. The first-order valence-electron chi connectivity index (χ1n) is 10.8. The molecule has 1 N–H and O–H groups in total. The molecule has 0 radical (unpaired) electrons. The number of fused-ring (bicyclic) bond motifs is 1. The molecule has 0 fully saturated rings. The van der Waals surface area contributed by atoms with Crippen LogP contribution in [0.3, 0.4) is 0 Å². The summed E-state index contributed by atoms with van der Waals surface area (Å²) < 4.78 is 28.2. The van der Waals surface area contributed by atoms with Gasteiger partial charge in [0.2, 0.25) is 0 Å². The summed E-state index contributed by atoms with van der Waals surface area (Å²) in [5.41, 5.74) is 4.05. The van der Waals surface area contributed by atoms with E-state index < -0.39 is 10.0 Å². The zero-order chi connectivity index (χ0) is 24.5. The van der Waals surface area contributed by atoms with Crippen LogP contribution in [0.25, 0.3) is 10.9 Å². The quantitative estimate of drug-likeness (QED) is 0.440. The average molecular weight is 475 g/mol. The monoisotopic (exact) mass is 474 g/mol. The molecule has 0 unspecified atom stereocenters. The number of aromatic nitrogens is 2. The highest BCUT2D eigenvalue weighted by atomic mass is 32.2. The van der Waals surface area contributed by atoms with Crippen molar-refractivity contribution in [1.29, 1.82) is 0 Å². The van der Waals surface area contributed by atoms with E-state index in [2.05, 4.69) is 14.7 Å². The second-order valence-electron chi connectivity index (χ2n) is 8.36. The lowest BCUT2D eigenvalue weighted by molar-refractivity contribution is 0.0781. The molecule has 0 aliphatic carbocycles. The first kappa shape index (κ1) is 23.4. The summed E-state index contributed by atoms with van der Waals surface area (Å²) in [5, 5.41) is 0.985. The fourth-order valence-electron chi connectivity index (χ4n) is 3.76. The first-order chi connectivity index (χ1) is 16.1. The zero-order valence-corrected chi connectivity index (χ0v) is 20.3. The molecule has 0 bridgehead atoms. The summed E-state index contributed by atoms with van der Waals surface area (Å²) >= 11 is 0. The van der Waals surface area contributed by atoms with Gasteiger partial charge in [0.1, 0.15) is 5.82 Å². The van der Waals surface area contributed by atoms with Gasteiger partial charge >= 0.3 is 0 Å². The predicted molar refractivity (Wildman–Crippen MR) is 133 cm³/mol. The summed E-state index contributed by atoms with van der Waals surface area (Å²) in [6.07, 6.45) is 0. The molecule has 0 saturated carbocycles. The van der Waals surface area contributed by atoms with Gasteiger partial charge in [-0.1, -0.05) is 30.3 Å². The van der Waals surface area contributed by atoms with Gasteiger partial charge in [0.25, 0.3) is 15.9 Å². The number of sulfonamides is 1. The van der Waals surface area contributed by atoms with Crippen LogP contribution in [0.5, 0.6) is 0 Å². The predicted octanol–water partition coefficient (Wildman–Crippen LogP) is 4.63. The van der Waals surface area contributed by atoms with Crippen LogP contribution in [0, 0.1) is 20.8 Å². The number of anilines is 1. The third-order valence-electron chi connectivity index (χ3n) is 5.58. The molecule has 0 spiro atoms. The number of para-hydroxylation sites is 1. The van der Waals surface area contributed by atoms with Crippen LogP contribution in [0.2, 0.25) is 0 Å². The number of hydrogen-bond acceptors (Lipinski definition) is 5. The minimum atomic E-state index is -3.74. The second kappa shape index (κ2) is 9.23. The van der Waals surface area contributed by atoms with Crippen LogP contribution < -0.4 is 4.72 Å². The van der Waals surface area contributed by atoms with Crippen molar-refractivity contribution >= 4 is 32.5 Å². The van der Waals surface area contributed by atoms with E-state index in [9.17, 15) is 13.2 Å². The number of nitrogens with one attached hydrogen (secondary N) is 1. The van der Waals surface area contributed by atoms with Crippen molar-refractivity contribution < 1.29 is 13.2 Å². The normalized spacial score (nSPS) is 11.4. The van der Waals surface area contributed by atoms with Gasteiger partial charge in [-0.25, -0.2) is 18.4 Å². The summed E-state index contributed by atoms with van der Waals surface area (Å²) in [4.78, 5) is 23.8. The molecule has 1 aromatic heterocycles. The molecule has 1 amide bonds. The Bertz CT molecular complexity index is 1480. The van der Waals surface area contributed by atoms with E-state index in [1.165, 1.54) is 0 Å². The maximum Gasteiger partial charge on any atom is 0.262 e.